The SMILES string of the molecule is CC(=O)c1cccc(OCC(O)c2ccc(C(F)(F)F)cc2)c1. The second-order valence-electron chi connectivity index (χ2n) is 5.03. The zero-order chi connectivity index (χ0) is 17.0. The third-order valence-electron chi connectivity index (χ3n) is 3.27. The summed E-state index contributed by atoms with van der Waals surface area (Å²) in [5.41, 5.74) is 0.0239. The number of rotatable bonds is 5. The van der Waals surface area contributed by atoms with Crippen molar-refractivity contribution < 1.29 is 27.8 Å². The Morgan fingerprint density at radius 3 is 2.39 bits per heavy atom. The van der Waals surface area contributed by atoms with E-state index >= 15 is 0 Å². The maximum absolute atomic E-state index is 12.5. The largest absolute Gasteiger partial charge is 0.491 e. The number of benzene rings is 2. The van der Waals surface area contributed by atoms with Crippen molar-refractivity contribution in [3.05, 3.63) is 65.2 Å². The van der Waals surface area contributed by atoms with E-state index < -0.39 is 17.8 Å². The molecule has 3 nitrogen and oxygen atoms in total. The molecule has 0 aliphatic heterocycles. The Hall–Kier alpha value is -2.34. The predicted octanol–water partition coefficient (Wildman–Crippen LogP) is 4.02. The average Bonchev–Trinajstić information content (AvgIpc) is 2.52. The van der Waals surface area contributed by atoms with Crippen molar-refractivity contribution in [2.75, 3.05) is 6.61 Å². The van der Waals surface area contributed by atoms with Gasteiger partial charge in [-0.2, -0.15) is 13.2 Å². The number of aliphatic hydroxyl groups is 1. The smallest absolute Gasteiger partial charge is 0.416 e. The molecule has 0 spiro atoms. The van der Waals surface area contributed by atoms with Crippen LogP contribution in [0.3, 0.4) is 0 Å². The third-order valence-corrected chi connectivity index (χ3v) is 3.27. The van der Waals surface area contributed by atoms with Gasteiger partial charge in [0.2, 0.25) is 0 Å². The molecule has 0 heterocycles. The van der Waals surface area contributed by atoms with Crippen molar-refractivity contribution in [1.82, 2.24) is 0 Å². The summed E-state index contributed by atoms with van der Waals surface area (Å²) >= 11 is 0. The van der Waals surface area contributed by atoms with E-state index in [9.17, 15) is 23.1 Å². The Labute approximate surface area is 131 Å². The van der Waals surface area contributed by atoms with Gasteiger partial charge < -0.3 is 9.84 Å². The van der Waals surface area contributed by atoms with Gasteiger partial charge in [-0.1, -0.05) is 24.3 Å². The fraction of sp³-hybridized carbons (Fsp3) is 0.235. The van der Waals surface area contributed by atoms with Crippen LogP contribution < -0.4 is 4.74 Å². The monoisotopic (exact) mass is 324 g/mol. The first-order chi connectivity index (χ1) is 10.8. The Morgan fingerprint density at radius 2 is 1.83 bits per heavy atom. The zero-order valence-corrected chi connectivity index (χ0v) is 12.3. The van der Waals surface area contributed by atoms with Gasteiger partial charge in [-0.15, -0.1) is 0 Å². The minimum Gasteiger partial charge on any atom is -0.491 e. The molecule has 2 rings (SSSR count). The molecule has 2 aromatic rings. The summed E-state index contributed by atoms with van der Waals surface area (Å²) in [6, 6.07) is 10.7. The van der Waals surface area contributed by atoms with Gasteiger partial charge in [-0.3, -0.25) is 4.79 Å². The molecular weight excluding hydrogens is 309 g/mol. The first kappa shape index (κ1) is 17.0. The van der Waals surface area contributed by atoms with Gasteiger partial charge in [0.25, 0.3) is 0 Å². The van der Waals surface area contributed by atoms with Gasteiger partial charge in [0, 0.05) is 5.56 Å². The fourth-order valence-corrected chi connectivity index (χ4v) is 1.97. The molecule has 1 N–H and O–H groups in total. The minimum atomic E-state index is -4.41. The maximum atomic E-state index is 12.5. The van der Waals surface area contributed by atoms with Crippen molar-refractivity contribution in [1.29, 1.82) is 0 Å². The van der Waals surface area contributed by atoms with Crippen molar-refractivity contribution in [3.8, 4) is 5.75 Å². The average molecular weight is 324 g/mol. The molecule has 122 valence electrons. The number of ether oxygens (including phenoxy) is 1. The lowest BCUT2D eigenvalue weighted by Gasteiger charge is -2.14. The number of aliphatic hydroxyl groups excluding tert-OH is 1. The second kappa shape index (κ2) is 6.83. The van der Waals surface area contributed by atoms with Crippen LogP contribution in [0.2, 0.25) is 0 Å². The van der Waals surface area contributed by atoms with Crippen molar-refractivity contribution in [2.45, 2.75) is 19.2 Å². The maximum Gasteiger partial charge on any atom is 0.416 e. The summed E-state index contributed by atoms with van der Waals surface area (Å²) in [7, 11) is 0. The quantitative estimate of drug-likeness (QED) is 0.845. The number of hydrogen-bond acceptors (Lipinski definition) is 3. The number of hydrogen-bond donors (Lipinski definition) is 1. The van der Waals surface area contributed by atoms with Gasteiger partial charge >= 0.3 is 6.18 Å². The third kappa shape index (κ3) is 4.56. The number of alkyl halides is 3. The van der Waals surface area contributed by atoms with Crippen LogP contribution in [0.5, 0.6) is 5.75 Å². The van der Waals surface area contributed by atoms with E-state index in [-0.39, 0.29) is 12.4 Å². The first-order valence-corrected chi connectivity index (χ1v) is 6.86. The molecule has 2 aromatic carbocycles. The van der Waals surface area contributed by atoms with Crippen LogP contribution in [0.1, 0.15) is 34.5 Å². The van der Waals surface area contributed by atoms with E-state index in [1.54, 1.807) is 24.3 Å². The Morgan fingerprint density at radius 1 is 1.17 bits per heavy atom. The molecule has 1 atom stereocenters. The molecule has 0 bridgehead atoms. The number of halogens is 3. The van der Waals surface area contributed by atoms with E-state index in [2.05, 4.69) is 0 Å². The summed E-state index contributed by atoms with van der Waals surface area (Å²) in [5.74, 6) is 0.294. The normalized spacial score (nSPS) is 12.7. The lowest BCUT2D eigenvalue weighted by molar-refractivity contribution is -0.137. The summed E-state index contributed by atoms with van der Waals surface area (Å²) < 4.78 is 42.8. The number of carbonyl (C=O) groups excluding carboxylic acids is 1. The second-order valence-corrected chi connectivity index (χ2v) is 5.03. The van der Waals surface area contributed by atoms with Crippen molar-refractivity contribution >= 4 is 5.78 Å². The molecular formula is C17H15F3O3. The van der Waals surface area contributed by atoms with Gasteiger partial charge in [0.05, 0.1) is 5.56 Å². The summed E-state index contributed by atoms with van der Waals surface area (Å²) in [6.45, 7) is 1.29. The van der Waals surface area contributed by atoms with Crippen LogP contribution in [0.4, 0.5) is 13.2 Å². The van der Waals surface area contributed by atoms with Crippen LogP contribution in [0, 0.1) is 0 Å². The molecule has 1 unspecified atom stereocenters. The summed E-state index contributed by atoms with van der Waals surface area (Å²) in [5, 5.41) is 9.98. The van der Waals surface area contributed by atoms with Crippen molar-refractivity contribution in [3.63, 3.8) is 0 Å². The molecule has 23 heavy (non-hydrogen) atoms. The first-order valence-electron chi connectivity index (χ1n) is 6.86. The van der Waals surface area contributed by atoms with Gasteiger partial charge in [0.15, 0.2) is 5.78 Å². The van der Waals surface area contributed by atoms with Gasteiger partial charge in [-0.05, 0) is 36.8 Å². The van der Waals surface area contributed by atoms with Crippen LogP contribution in [-0.4, -0.2) is 17.5 Å². The van der Waals surface area contributed by atoms with Gasteiger partial charge in [-0.25, -0.2) is 0 Å². The fourth-order valence-electron chi connectivity index (χ4n) is 1.97. The molecule has 6 heteroatoms. The lowest BCUT2D eigenvalue weighted by atomic mass is 10.1. The number of ketones is 1. The highest BCUT2D eigenvalue weighted by molar-refractivity contribution is 5.94. The van der Waals surface area contributed by atoms with Crippen LogP contribution in [0.25, 0.3) is 0 Å². The Balaban J connectivity index is 2.01. The number of Topliss-reactive ketones (excluding diaryl/α,β-unsaturated/α-hetero) is 1. The minimum absolute atomic E-state index is 0.112. The molecule has 0 aliphatic rings. The van der Waals surface area contributed by atoms with E-state index in [0.29, 0.717) is 16.9 Å². The molecule has 0 saturated carbocycles. The number of carbonyl (C=O) groups is 1. The zero-order valence-electron chi connectivity index (χ0n) is 12.3. The molecule has 0 amide bonds. The Bertz CT molecular complexity index is 678. The summed E-state index contributed by atoms with van der Waals surface area (Å²) in [4.78, 5) is 11.3. The van der Waals surface area contributed by atoms with E-state index in [0.717, 1.165) is 12.1 Å². The molecule has 0 fully saturated rings. The van der Waals surface area contributed by atoms with Crippen molar-refractivity contribution in [2.24, 2.45) is 0 Å². The topological polar surface area (TPSA) is 46.5 Å². The van der Waals surface area contributed by atoms with Crippen LogP contribution >= 0.6 is 0 Å². The van der Waals surface area contributed by atoms with Crippen LogP contribution in [-0.2, 0) is 6.18 Å². The standard InChI is InChI=1S/C17H15F3O3/c1-11(21)13-3-2-4-15(9-13)23-10-16(22)12-5-7-14(8-6-12)17(18,19)20/h2-9,16,22H,10H2,1H3. The molecule has 0 radical (unpaired) electrons. The van der Waals surface area contributed by atoms with Crippen LogP contribution in [0.15, 0.2) is 48.5 Å². The van der Waals surface area contributed by atoms with E-state index in [1.165, 1.54) is 19.1 Å². The highest BCUT2D eigenvalue weighted by Gasteiger charge is 2.30. The lowest BCUT2D eigenvalue weighted by Crippen LogP contribution is -2.11. The molecule has 0 aromatic heterocycles. The predicted molar refractivity (Wildman–Crippen MR) is 78.3 cm³/mol. The summed E-state index contributed by atoms with van der Waals surface area (Å²) in [6.07, 6.45) is -5.48. The van der Waals surface area contributed by atoms with Gasteiger partial charge in [0.1, 0.15) is 18.5 Å². The Kier molecular flexibility index (Phi) is 5.05. The van der Waals surface area contributed by atoms with E-state index in [4.69, 9.17) is 4.74 Å². The van der Waals surface area contributed by atoms with E-state index in [1.807, 2.05) is 0 Å². The highest BCUT2D eigenvalue weighted by atomic mass is 19.4. The molecule has 0 aliphatic carbocycles. The highest BCUT2D eigenvalue weighted by Crippen LogP contribution is 2.30. The molecule has 0 saturated heterocycles.